The fraction of sp³-hybridized carbons (Fsp3) is 0.312. The van der Waals surface area contributed by atoms with Crippen LogP contribution in [0.5, 0.6) is 0 Å². The molecule has 0 saturated heterocycles. The summed E-state index contributed by atoms with van der Waals surface area (Å²) in [5, 5.41) is 12.7. The second-order valence-corrected chi connectivity index (χ2v) is 5.42. The summed E-state index contributed by atoms with van der Waals surface area (Å²) in [5.41, 5.74) is 1.00. The zero-order chi connectivity index (χ0) is 14.8. The zero-order valence-electron chi connectivity index (χ0n) is 11.5. The number of aromatic nitrogens is 1. The largest absolute Gasteiger partial charge is 0.480 e. The molecule has 0 spiro atoms. The number of fused-ring (bicyclic) bond motifs is 1. The van der Waals surface area contributed by atoms with Crippen LogP contribution in [0.4, 0.5) is 0 Å². The van der Waals surface area contributed by atoms with Gasteiger partial charge in [0.1, 0.15) is 6.04 Å². The monoisotopic (exact) mass is 284 g/mol. The van der Waals surface area contributed by atoms with Crippen LogP contribution in [0, 0.1) is 5.92 Å². The lowest BCUT2D eigenvalue weighted by Gasteiger charge is -2.14. The Hall–Kier alpha value is -2.43. The van der Waals surface area contributed by atoms with E-state index >= 15 is 0 Å². The molecule has 0 aliphatic heterocycles. The highest BCUT2D eigenvalue weighted by Crippen LogP contribution is 2.33. The van der Waals surface area contributed by atoms with Crippen LogP contribution in [0.2, 0.25) is 0 Å². The van der Waals surface area contributed by atoms with E-state index in [9.17, 15) is 14.7 Å². The summed E-state index contributed by atoms with van der Waals surface area (Å²) in [6, 6.07) is 8.16. The lowest BCUT2D eigenvalue weighted by atomic mass is 10.1. The van der Waals surface area contributed by atoms with Gasteiger partial charge in [-0.3, -0.25) is 9.78 Å². The first-order valence-electron chi connectivity index (χ1n) is 7.02. The summed E-state index contributed by atoms with van der Waals surface area (Å²) in [5.74, 6) is -0.937. The minimum Gasteiger partial charge on any atom is -0.480 e. The van der Waals surface area contributed by atoms with Crippen molar-refractivity contribution in [3.05, 3.63) is 42.1 Å². The number of nitrogens with one attached hydrogen (secondary N) is 1. The van der Waals surface area contributed by atoms with Gasteiger partial charge in [0.25, 0.3) is 5.91 Å². The molecule has 2 N–H and O–H groups in total. The van der Waals surface area contributed by atoms with Gasteiger partial charge in [0.05, 0.1) is 11.1 Å². The van der Waals surface area contributed by atoms with Crippen LogP contribution in [0.15, 0.2) is 36.5 Å². The van der Waals surface area contributed by atoms with E-state index in [1.807, 2.05) is 12.1 Å². The number of carbonyl (C=O) groups excluding carboxylic acids is 1. The Morgan fingerprint density at radius 1 is 1.29 bits per heavy atom. The summed E-state index contributed by atoms with van der Waals surface area (Å²) in [6.07, 6.45) is 4.22. The molecule has 1 aromatic heterocycles. The molecule has 1 saturated carbocycles. The molecule has 2 aromatic rings. The summed E-state index contributed by atoms with van der Waals surface area (Å²) in [7, 11) is 0. The van der Waals surface area contributed by atoms with Crippen LogP contribution >= 0.6 is 0 Å². The van der Waals surface area contributed by atoms with Gasteiger partial charge in [-0.2, -0.15) is 0 Å². The SMILES string of the molecule is O=C(N[C@H](CC1CC1)C(=O)O)c1cccc2cccnc12. The minimum absolute atomic E-state index is 0.382. The maximum absolute atomic E-state index is 12.4. The van der Waals surface area contributed by atoms with E-state index in [2.05, 4.69) is 10.3 Å². The molecule has 1 aliphatic rings. The van der Waals surface area contributed by atoms with Gasteiger partial charge in [0, 0.05) is 11.6 Å². The molecule has 21 heavy (non-hydrogen) atoms. The van der Waals surface area contributed by atoms with Crippen molar-refractivity contribution in [1.82, 2.24) is 10.3 Å². The van der Waals surface area contributed by atoms with Gasteiger partial charge < -0.3 is 10.4 Å². The fourth-order valence-corrected chi connectivity index (χ4v) is 2.43. The third-order valence-electron chi connectivity index (χ3n) is 3.75. The molecular formula is C16H16N2O3. The minimum atomic E-state index is -0.983. The number of benzene rings is 1. The summed E-state index contributed by atoms with van der Waals surface area (Å²) in [6.45, 7) is 0. The third kappa shape index (κ3) is 3.02. The molecule has 1 atom stereocenters. The topological polar surface area (TPSA) is 79.3 Å². The summed E-state index contributed by atoms with van der Waals surface area (Å²) < 4.78 is 0. The number of carbonyl (C=O) groups is 2. The smallest absolute Gasteiger partial charge is 0.326 e. The van der Waals surface area contributed by atoms with Crippen LogP contribution < -0.4 is 5.32 Å². The molecule has 0 radical (unpaired) electrons. The normalized spacial score (nSPS) is 15.6. The highest BCUT2D eigenvalue weighted by Gasteiger charge is 2.30. The van der Waals surface area contributed by atoms with Gasteiger partial charge in [-0.1, -0.05) is 31.0 Å². The number of pyridine rings is 1. The zero-order valence-corrected chi connectivity index (χ0v) is 11.5. The van der Waals surface area contributed by atoms with Crippen LogP contribution in [-0.2, 0) is 4.79 Å². The maximum atomic E-state index is 12.4. The Morgan fingerprint density at radius 3 is 2.76 bits per heavy atom. The number of amides is 1. The van der Waals surface area contributed by atoms with E-state index in [-0.39, 0.29) is 5.91 Å². The number of hydrogen-bond donors (Lipinski definition) is 2. The molecular weight excluding hydrogens is 268 g/mol. The predicted octanol–water partition coefficient (Wildman–Crippen LogP) is 2.22. The Bertz CT molecular complexity index is 689. The molecule has 3 rings (SSSR count). The molecule has 5 heteroatoms. The van der Waals surface area contributed by atoms with Crippen molar-refractivity contribution in [3.8, 4) is 0 Å². The number of carboxylic acids is 1. The van der Waals surface area contributed by atoms with Crippen molar-refractivity contribution in [1.29, 1.82) is 0 Å². The predicted molar refractivity (Wildman–Crippen MR) is 78.0 cm³/mol. The van der Waals surface area contributed by atoms with E-state index in [0.29, 0.717) is 23.4 Å². The van der Waals surface area contributed by atoms with Crippen LogP contribution in [-0.4, -0.2) is 28.0 Å². The number of aliphatic carboxylic acids is 1. The number of nitrogens with zero attached hydrogens (tertiary/aromatic N) is 1. The van der Waals surface area contributed by atoms with Crippen molar-refractivity contribution in [2.45, 2.75) is 25.3 Å². The summed E-state index contributed by atoms with van der Waals surface area (Å²) in [4.78, 5) is 27.8. The molecule has 1 amide bonds. The average molecular weight is 284 g/mol. The first kappa shape index (κ1) is 13.5. The lowest BCUT2D eigenvalue weighted by Crippen LogP contribution is -2.41. The standard InChI is InChI=1S/C16H16N2O3/c19-15(18-13(16(20)21)9-10-6-7-10)12-5-1-3-11-4-2-8-17-14(11)12/h1-5,8,10,13H,6-7,9H2,(H,18,19)(H,20,21)/t13-/m1/s1. The fourth-order valence-electron chi connectivity index (χ4n) is 2.43. The first-order chi connectivity index (χ1) is 10.1. The van der Waals surface area contributed by atoms with Crippen molar-refractivity contribution in [2.24, 2.45) is 5.92 Å². The van der Waals surface area contributed by atoms with Crippen molar-refractivity contribution in [3.63, 3.8) is 0 Å². The number of carboxylic acid groups (broad SMARTS) is 1. The van der Waals surface area contributed by atoms with Crippen LogP contribution in [0.25, 0.3) is 10.9 Å². The van der Waals surface area contributed by atoms with E-state index in [1.165, 1.54) is 0 Å². The van der Waals surface area contributed by atoms with Gasteiger partial charge in [0.15, 0.2) is 0 Å². The van der Waals surface area contributed by atoms with Crippen molar-refractivity contribution >= 4 is 22.8 Å². The highest BCUT2D eigenvalue weighted by atomic mass is 16.4. The van der Waals surface area contributed by atoms with Crippen molar-refractivity contribution < 1.29 is 14.7 Å². The Balaban J connectivity index is 1.84. The molecule has 1 fully saturated rings. The van der Waals surface area contributed by atoms with Gasteiger partial charge in [-0.05, 0) is 24.5 Å². The third-order valence-corrected chi connectivity index (χ3v) is 3.75. The molecule has 1 aromatic carbocycles. The van der Waals surface area contributed by atoms with E-state index in [0.717, 1.165) is 18.2 Å². The molecule has 108 valence electrons. The number of rotatable bonds is 5. The molecule has 5 nitrogen and oxygen atoms in total. The van der Waals surface area contributed by atoms with Gasteiger partial charge in [-0.25, -0.2) is 4.79 Å². The summed E-state index contributed by atoms with van der Waals surface area (Å²) >= 11 is 0. The highest BCUT2D eigenvalue weighted by molar-refractivity contribution is 6.06. The van der Waals surface area contributed by atoms with E-state index in [1.54, 1.807) is 24.4 Å². The molecule has 0 bridgehead atoms. The lowest BCUT2D eigenvalue weighted by molar-refractivity contribution is -0.139. The molecule has 1 heterocycles. The molecule has 0 unspecified atom stereocenters. The Morgan fingerprint density at radius 2 is 2.05 bits per heavy atom. The quantitative estimate of drug-likeness (QED) is 0.882. The first-order valence-corrected chi connectivity index (χ1v) is 7.02. The van der Waals surface area contributed by atoms with Gasteiger partial charge >= 0.3 is 5.97 Å². The molecule has 1 aliphatic carbocycles. The Kier molecular flexibility index (Phi) is 3.56. The van der Waals surface area contributed by atoms with E-state index < -0.39 is 12.0 Å². The number of hydrogen-bond acceptors (Lipinski definition) is 3. The second-order valence-electron chi connectivity index (χ2n) is 5.42. The number of para-hydroxylation sites is 1. The average Bonchev–Trinajstić information content (AvgIpc) is 3.29. The van der Waals surface area contributed by atoms with Gasteiger partial charge in [0.2, 0.25) is 0 Å². The van der Waals surface area contributed by atoms with Crippen LogP contribution in [0.1, 0.15) is 29.6 Å². The Labute approximate surface area is 122 Å². The van der Waals surface area contributed by atoms with Crippen molar-refractivity contribution in [2.75, 3.05) is 0 Å². The second kappa shape index (κ2) is 5.52. The van der Waals surface area contributed by atoms with E-state index in [4.69, 9.17) is 0 Å². The van der Waals surface area contributed by atoms with Crippen LogP contribution in [0.3, 0.4) is 0 Å². The maximum Gasteiger partial charge on any atom is 0.326 e. The van der Waals surface area contributed by atoms with Gasteiger partial charge in [-0.15, -0.1) is 0 Å².